The third-order valence-electron chi connectivity index (χ3n) is 5.56. The van der Waals surface area contributed by atoms with Gasteiger partial charge in [0.25, 0.3) is 0 Å². The molecule has 2 aliphatic rings. The second-order valence-corrected chi connectivity index (χ2v) is 8.52. The van der Waals surface area contributed by atoms with Crippen LogP contribution in [0.4, 0.5) is 0 Å². The van der Waals surface area contributed by atoms with Gasteiger partial charge in [-0.2, -0.15) is 0 Å². The fraction of sp³-hybridized carbons (Fsp3) is 0.545. The largest absolute Gasteiger partial charge is 0.372 e. The van der Waals surface area contributed by atoms with Crippen LogP contribution in [-0.4, -0.2) is 23.3 Å². The van der Waals surface area contributed by atoms with Crippen molar-refractivity contribution in [3.8, 4) is 0 Å². The number of Topliss-reactive ketones (excluding diaryl/α,β-unsaturated/α-hetero) is 2. The maximum Gasteiger partial charge on any atom is 0.167 e. The topological polar surface area (TPSA) is 43.4 Å². The van der Waals surface area contributed by atoms with Crippen molar-refractivity contribution >= 4 is 11.6 Å². The molecule has 0 aliphatic heterocycles. The minimum absolute atomic E-state index is 0.0286. The Morgan fingerprint density at radius 2 is 1.88 bits per heavy atom. The predicted molar refractivity (Wildman–Crippen MR) is 98.6 cm³/mol. The van der Waals surface area contributed by atoms with Crippen LogP contribution in [0.5, 0.6) is 0 Å². The summed E-state index contributed by atoms with van der Waals surface area (Å²) in [7, 11) is 0. The van der Waals surface area contributed by atoms with Gasteiger partial charge < -0.3 is 4.74 Å². The van der Waals surface area contributed by atoms with E-state index in [9.17, 15) is 9.59 Å². The van der Waals surface area contributed by atoms with Gasteiger partial charge >= 0.3 is 0 Å². The number of fused-ring (bicyclic) bond motifs is 1. The summed E-state index contributed by atoms with van der Waals surface area (Å²) < 4.78 is 6.31. The van der Waals surface area contributed by atoms with Crippen LogP contribution in [0, 0.1) is 5.41 Å². The summed E-state index contributed by atoms with van der Waals surface area (Å²) >= 11 is 0. The Labute approximate surface area is 150 Å². The van der Waals surface area contributed by atoms with Gasteiger partial charge in [-0.3, -0.25) is 9.59 Å². The lowest BCUT2D eigenvalue weighted by Gasteiger charge is -2.40. The Balaban J connectivity index is 1.90. The molecule has 0 amide bonds. The van der Waals surface area contributed by atoms with Gasteiger partial charge in [-0.25, -0.2) is 0 Å². The van der Waals surface area contributed by atoms with Gasteiger partial charge in [0.2, 0.25) is 0 Å². The van der Waals surface area contributed by atoms with Crippen LogP contribution in [0.3, 0.4) is 0 Å². The van der Waals surface area contributed by atoms with Crippen molar-refractivity contribution in [1.82, 2.24) is 0 Å². The Kier molecular flexibility index (Phi) is 4.72. The van der Waals surface area contributed by atoms with Crippen LogP contribution in [-0.2, 0) is 9.53 Å². The molecule has 0 spiro atoms. The van der Waals surface area contributed by atoms with E-state index in [-0.39, 0.29) is 35.1 Å². The third kappa shape index (κ3) is 3.62. The fourth-order valence-corrected chi connectivity index (χ4v) is 4.28. The van der Waals surface area contributed by atoms with Gasteiger partial charge in [-0.15, -0.1) is 0 Å². The van der Waals surface area contributed by atoms with Gasteiger partial charge in [0.15, 0.2) is 11.6 Å². The molecule has 1 fully saturated rings. The third-order valence-corrected chi connectivity index (χ3v) is 5.56. The fourth-order valence-electron chi connectivity index (χ4n) is 4.28. The summed E-state index contributed by atoms with van der Waals surface area (Å²) in [4.78, 5) is 25.2. The molecular formula is C22H28O3. The summed E-state index contributed by atoms with van der Waals surface area (Å²) in [5.41, 5.74) is 2.28. The standard InChI is InChI=1S/C22H28O3/c1-21(2,3)25-20-11-10-17-16(18(23)12-13-22(17,20)4)14-19(24)15-8-6-5-7-9-15/h5-9,20H,10-14H2,1-4H3/t20-,22-/m0/s1. The highest BCUT2D eigenvalue weighted by Crippen LogP contribution is 2.53. The molecule has 0 bridgehead atoms. The number of hydrogen-bond acceptors (Lipinski definition) is 3. The first kappa shape index (κ1) is 18.1. The first-order valence-corrected chi connectivity index (χ1v) is 9.22. The molecule has 134 valence electrons. The number of carbonyl (C=O) groups excluding carboxylic acids is 2. The Hall–Kier alpha value is -1.74. The van der Waals surface area contributed by atoms with Crippen LogP contribution in [0.2, 0.25) is 0 Å². The lowest BCUT2D eigenvalue weighted by atomic mass is 9.70. The lowest BCUT2D eigenvalue weighted by Crippen LogP contribution is -2.39. The minimum Gasteiger partial charge on any atom is -0.372 e. The first-order valence-electron chi connectivity index (χ1n) is 9.22. The maximum absolute atomic E-state index is 12.6. The molecule has 0 radical (unpaired) electrons. The van der Waals surface area contributed by atoms with E-state index in [1.54, 1.807) is 0 Å². The van der Waals surface area contributed by atoms with E-state index in [1.807, 2.05) is 30.3 Å². The molecule has 2 atom stereocenters. The number of hydrogen-bond donors (Lipinski definition) is 0. The van der Waals surface area contributed by atoms with E-state index in [4.69, 9.17) is 4.74 Å². The number of ether oxygens (including phenoxy) is 1. The van der Waals surface area contributed by atoms with Crippen molar-refractivity contribution in [2.75, 3.05) is 0 Å². The van der Waals surface area contributed by atoms with E-state index < -0.39 is 0 Å². The SMILES string of the molecule is CC(C)(C)O[C@H]1CCC2=C(CC(=O)c3ccccc3)C(=O)CC[C@@]21C. The zero-order chi connectivity index (χ0) is 18.2. The first-order chi connectivity index (χ1) is 11.7. The Morgan fingerprint density at radius 3 is 2.52 bits per heavy atom. The highest BCUT2D eigenvalue weighted by atomic mass is 16.5. The molecule has 1 aromatic rings. The summed E-state index contributed by atoms with van der Waals surface area (Å²) in [6.45, 7) is 8.44. The molecule has 0 N–H and O–H groups in total. The summed E-state index contributed by atoms with van der Waals surface area (Å²) in [6.07, 6.45) is 3.47. The molecule has 0 unspecified atom stereocenters. The molecule has 1 aromatic carbocycles. The molecular weight excluding hydrogens is 312 g/mol. The normalized spacial score (nSPS) is 26.7. The number of rotatable bonds is 4. The average Bonchev–Trinajstić information content (AvgIpc) is 2.87. The monoisotopic (exact) mass is 340 g/mol. The summed E-state index contributed by atoms with van der Waals surface area (Å²) in [5, 5.41) is 0. The maximum atomic E-state index is 12.6. The van der Waals surface area contributed by atoms with Crippen LogP contribution in [0.1, 0.15) is 70.2 Å². The molecule has 0 saturated heterocycles. The Bertz CT molecular complexity index is 709. The lowest BCUT2D eigenvalue weighted by molar-refractivity contribution is -0.120. The number of ketones is 2. The van der Waals surface area contributed by atoms with Crippen LogP contribution in [0.25, 0.3) is 0 Å². The van der Waals surface area contributed by atoms with Crippen molar-refractivity contribution < 1.29 is 14.3 Å². The number of benzene rings is 1. The molecule has 1 saturated carbocycles. The highest BCUT2D eigenvalue weighted by Gasteiger charge is 2.49. The van der Waals surface area contributed by atoms with Gasteiger partial charge in [-0.1, -0.05) is 42.8 Å². The molecule has 25 heavy (non-hydrogen) atoms. The van der Waals surface area contributed by atoms with E-state index in [0.29, 0.717) is 12.0 Å². The predicted octanol–water partition coefficient (Wildman–Crippen LogP) is 4.90. The van der Waals surface area contributed by atoms with Crippen LogP contribution >= 0.6 is 0 Å². The molecule has 3 heteroatoms. The molecule has 3 rings (SSSR count). The van der Waals surface area contributed by atoms with E-state index in [2.05, 4.69) is 27.7 Å². The zero-order valence-corrected chi connectivity index (χ0v) is 15.7. The van der Waals surface area contributed by atoms with Gasteiger partial charge in [0.05, 0.1) is 11.7 Å². The van der Waals surface area contributed by atoms with Crippen molar-refractivity contribution in [2.24, 2.45) is 5.41 Å². The second-order valence-electron chi connectivity index (χ2n) is 8.52. The summed E-state index contributed by atoms with van der Waals surface area (Å²) in [6, 6.07) is 9.26. The summed E-state index contributed by atoms with van der Waals surface area (Å²) in [5.74, 6) is 0.175. The quantitative estimate of drug-likeness (QED) is 0.732. The number of allylic oxidation sites excluding steroid dienone is 1. The van der Waals surface area contributed by atoms with E-state index in [1.165, 1.54) is 5.57 Å². The van der Waals surface area contributed by atoms with Crippen molar-refractivity contribution in [3.05, 3.63) is 47.0 Å². The minimum atomic E-state index is -0.204. The van der Waals surface area contributed by atoms with Gasteiger partial charge in [-0.05, 0) is 40.0 Å². The highest BCUT2D eigenvalue weighted by molar-refractivity contribution is 6.06. The molecule has 2 aliphatic carbocycles. The van der Waals surface area contributed by atoms with Crippen LogP contribution in [0.15, 0.2) is 41.5 Å². The van der Waals surface area contributed by atoms with Crippen molar-refractivity contribution in [2.45, 2.75) is 71.5 Å². The smallest absolute Gasteiger partial charge is 0.167 e. The Morgan fingerprint density at radius 1 is 1.20 bits per heavy atom. The van der Waals surface area contributed by atoms with Crippen LogP contribution < -0.4 is 0 Å². The van der Waals surface area contributed by atoms with E-state index in [0.717, 1.165) is 24.8 Å². The van der Waals surface area contributed by atoms with Crippen molar-refractivity contribution in [1.29, 1.82) is 0 Å². The second kappa shape index (κ2) is 6.53. The average molecular weight is 340 g/mol. The van der Waals surface area contributed by atoms with E-state index >= 15 is 0 Å². The molecule has 3 nitrogen and oxygen atoms in total. The van der Waals surface area contributed by atoms with Gasteiger partial charge in [0, 0.05) is 29.4 Å². The van der Waals surface area contributed by atoms with Gasteiger partial charge in [0.1, 0.15) is 0 Å². The molecule has 0 heterocycles. The molecule has 0 aromatic heterocycles. The zero-order valence-electron chi connectivity index (χ0n) is 15.7. The number of carbonyl (C=O) groups is 2. The van der Waals surface area contributed by atoms with Crippen molar-refractivity contribution in [3.63, 3.8) is 0 Å².